The molecule has 0 saturated heterocycles. The van der Waals surface area contributed by atoms with E-state index in [9.17, 15) is 13.2 Å². The van der Waals surface area contributed by atoms with Crippen LogP contribution in [-0.2, 0) is 10.0 Å². The lowest BCUT2D eigenvalue weighted by Gasteiger charge is -2.17. The van der Waals surface area contributed by atoms with Crippen LogP contribution in [0.2, 0.25) is 0 Å². The van der Waals surface area contributed by atoms with Gasteiger partial charge in [-0.2, -0.15) is 0 Å². The second-order valence-electron chi connectivity index (χ2n) is 5.62. The Morgan fingerprint density at radius 3 is 2.07 bits per heavy atom. The van der Waals surface area contributed by atoms with E-state index in [1.165, 1.54) is 24.3 Å². The van der Waals surface area contributed by atoms with Gasteiger partial charge in [0.25, 0.3) is 15.9 Å². The number of rotatable bonds is 10. The number of carbonyl (C=O) groups excluding carboxylic acids is 1. The predicted molar refractivity (Wildman–Crippen MR) is 112 cm³/mol. The smallest absolute Gasteiger partial charge is 0.266 e. The maximum atomic E-state index is 12.6. The van der Waals surface area contributed by atoms with Crippen molar-refractivity contribution in [3.8, 4) is 17.2 Å². The van der Waals surface area contributed by atoms with Crippen LogP contribution in [0.5, 0.6) is 17.2 Å². The molecule has 0 aliphatic heterocycles. The summed E-state index contributed by atoms with van der Waals surface area (Å²) < 4.78 is 42.1. The first kappa shape index (κ1) is 23.0. The van der Waals surface area contributed by atoms with Crippen LogP contribution in [0.15, 0.2) is 45.8 Å². The van der Waals surface area contributed by atoms with Crippen LogP contribution in [0.25, 0.3) is 0 Å². The molecular formula is C19H23BrN2O6S. The third-order valence-electron chi connectivity index (χ3n) is 3.58. The van der Waals surface area contributed by atoms with Crippen LogP contribution < -0.4 is 24.5 Å². The monoisotopic (exact) mass is 486 g/mol. The van der Waals surface area contributed by atoms with Crippen molar-refractivity contribution in [1.82, 2.24) is 10.3 Å². The molecular weight excluding hydrogens is 464 g/mol. The van der Waals surface area contributed by atoms with Gasteiger partial charge in [0, 0.05) is 10.0 Å². The maximum Gasteiger partial charge on any atom is 0.266 e. The molecule has 29 heavy (non-hydrogen) atoms. The number of sulfonamides is 1. The first-order chi connectivity index (χ1) is 13.8. The van der Waals surface area contributed by atoms with Crippen molar-refractivity contribution in [1.29, 1.82) is 0 Å². The number of hydrazine groups is 1. The van der Waals surface area contributed by atoms with Gasteiger partial charge in [-0.1, -0.05) is 22.0 Å². The molecule has 0 radical (unpaired) electrons. The second-order valence-corrected chi connectivity index (χ2v) is 8.22. The third-order valence-corrected chi connectivity index (χ3v) is 5.32. The quantitative estimate of drug-likeness (QED) is 0.499. The van der Waals surface area contributed by atoms with Gasteiger partial charge in [-0.25, -0.2) is 8.42 Å². The van der Waals surface area contributed by atoms with Gasteiger partial charge < -0.3 is 14.2 Å². The van der Waals surface area contributed by atoms with Crippen molar-refractivity contribution in [2.45, 2.75) is 25.7 Å². The number of carbonyl (C=O) groups is 1. The summed E-state index contributed by atoms with van der Waals surface area (Å²) in [4.78, 5) is 14.7. The highest BCUT2D eigenvalue weighted by molar-refractivity contribution is 9.10. The van der Waals surface area contributed by atoms with E-state index in [4.69, 9.17) is 14.2 Å². The zero-order valence-corrected chi connectivity index (χ0v) is 18.7. The topological polar surface area (TPSA) is 103 Å². The number of amides is 1. The van der Waals surface area contributed by atoms with Crippen LogP contribution in [0, 0.1) is 0 Å². The van der Waals surface area contributed by atoms with Gasteiger partial charge in [-0.3, -0.25) is 10.2 Å². The van der Waals surface area contributed by atoms with Gasteiger partial charge in [0.15, 0.2) is 11.5 Å². The molecule has 0 heterocycles. The Morgan fingerprint density at radius 2 is 1.55 bits per heavy atom. The summed E-state index contributed by atoms with van der Waals surface area (Å²) in [6.07, 6.45) is 0. The summed E-state index contributed by atoms with van der Waals surface area (Å²) in [5, 5.41) is 0. The molecule has 158 valence electrons. The molecule has 2 rings (SSSR count). The summed E-state index contributed by atoms with van der Waals surface area (Å²) in [7, 11) is -3.94. The Balaban J connectivity index is 2.27. The van der Waals surface area contributed by atoms with E-state index in [0.29, 0.717) is 41.5 Å². The van der Waals surface area contributed by atoms with Crippen LogP contribution in [0.1, 0.15) is 31.1 Å². The molecule has 0 atom stereocenters. The molecule has 0 unspecified atom stereocenters. The van der Waals surface area contributed by atoms with Crippen molar-refractivity contribution in [2.24, 2.45) is 0 Å². The molecule has 0 spiro atoms. The molecule has 0 saturated carbocycles. The molecule has 2 aromatic carbocycles. The van der Waals surface area contributed by atoms with E-state index in [1.54, 1.807) is 26.0 Å². The minimum absolute atomic E-state index is 0.00359. The molecule has 0 aliphatic carbocycles. The van der Waals surface area contributed by atoms with Crippen molar-refractivity contribution in [3.63, 3.8) is 0 Å². The fourth-order valence-corrected chi connectivity index (χ4v) is 3.83. The molecule has 0 fully saturated rings. The molecule has 0 aliphatic rings. The fourth-order valence-electron chi connectivity index (χ4n) is 2.40. The standard InChI is InChI=1S/C19H23BrN2O6S/c1-4-26-16-10-13(11-17(27-5-2)18(16)28-6-3)19(23)21-22-29(24,25)15-9-7-8-14(20)12-15/h7-12,22H,4-6H2,1-3H3,(H,21,23). The third kappa shape index (κ3) is 6.09. The Morgan fingerprint density at radius 1 is 0.966 bits per heavy atom. The van der Waals surface area contributed by atoms with Crippen molar-refractivity contribution >= 4 is 31.9 Å². The Kier molecular flexibility index (Phi) is 8.30. The maximum absolute atomic E-state index is 12.6. The number of benzene rings is 2. The average molecular weight is 487 g/mol. The molecule has 0 aromatic heterocycles. The Bertz CT molecular complexity index is 938. The van der Waals surface area contributed by atoms with Gasteiger partial charge in [-0.05, 0) is 51.1 Å². The number of halogens is 1. The van der Waals surface area contributed by atoms with Crippen LogP contribution in [-0.4, -0.2) is 34.1 Å². The van der Waals surface area contributed by atoms with Gasteiger partial charge in [0.05, 0.1) is 24.7 Å². The van der Waals surface area contributed by atoms with Crippen molar-refractivity contribution in [2.75, 3.05) is 19.8 Å². The van der Waals surface area contributed by atoms with Crippen LogP contribution in [0.4, 0.5) is 0 Å². The van der Waals surface area contributed by atoms with Crippen molar-refractivity contribution < 1.29 is 27.4 Å². The summed E-state index contributed by atoms with van der Waals surface area (Å²) in [6, 6.07) is 9.06. The fraction of sp³-hybridized carbons (Fsp3) is 0.316. The van der Waals surface area contributed by atoms with E-state index in [1.807, 2.05) is 6.92 Å². The second kappa shape index (κ2) is 10.5. The number of ether oxygens (including phenoxy) is 3. The molecule has 0 bridgehead atoms. The van der Waals surface area contributed by atoms with Gasteiger partial charge >= 0.3 is 0 Å². The largest absolute Gasteiger partial charge is 0.490 e. The number of hydrogen-bond donors (Lipinski definition) is 2. The van der Waals surface area contributed by atoms with E-state index < -0.39 is 15.9 Å². The summed E-state index contributed by atoms with van der Waals surface area (Å²) >= 11 is 3.22. The normalized spacial score (nSPS) is 11.0. The molecule has 2 N–H and O–H groups in total. The van der Waals surface area contributed by atoms with Gasteiger partial charge in [0.1, 0.15) is 0 Å². The lowest BCUT2D eigenvalue weighted by Crippen LogP contribution is -2.41. The minimum atomic E-state index is -3.94. The highest BCUT2D eigenvalue weighted by Gasteiger charge is 2.20. The van der Waals surface area contributed by atoms with Gasteiger partial charge in [0.2, 0.25) is 5.75 Å². The summed E-state index contributed by atoms with van der Waals surface area (Å²) in [5.74, 6) is 0.386. The lowest BCUT2D eigenvalue weighted by molar-refractivity contribution is 0.0944. The Hall–Kier alpha value is -2.30. The van der Waals surface area contributed by atoms with Crippen LogP contribution in [0.3, 0.4) is 0 Å². The summed E-state index contributed by atoms with van der Waals surface area (Å²) in [6.45, 7) is 6.52. The van der Waals surface area contributed by atoms with E-state index in [0.717, 1.165) is 0 Å². The van der Waals surface area contributed by atoms with E-state index >= 15 is 0 Å². The average Bonchev–Trinajstić information content (AvgIpc) is 2.69. The number of hydrogen-bond acceptors (Lipinski definition) is 6. The molecule has 10 heteroatoms. The van der Waals surface area contributed by atoms with Crippen LogP contribution >= 0.6 is 15.9 Å². The predicted octanol–water partition coefficient (Wildman–Crippen LogP) is 3.27. The minimum Gasteiger partial charge on any atom is -0.490 e. The summed E-state index contributed by atoms with van der Waals surface area (Å²) in [5.41, 5.74) is 2.35. The Labute approximate surface area is 178 Å². The SMILES string of the molecule is CCOc1cc(C(=O)NNS(=O)(=O)c2cccc(Br)c2)cc(OCC)c1OCC. The molecule has 8 nitrogen and oxygen atoms in total. The van der Waals surface area contributed by atoms with E-state index in [-0.39, 0.29) is 10.5 Å². The van der Waals surface area contributed by atoms with E-state index in [2.05, 4.69) is 26.2 Å². The lowest BCUT2D eigenvalue weighted by atomic mass is 10.1. The first-order valence-electron chi connectivity index (χ1n) is 8.96. The molecule has 1 amide bonds. The zero-order valence-electron chi connectivity index (χ0n) is 16.3. The zero-order chi connectivity index (χ0) is 21.4. The first-order valence-corrected chi connectivity index (χ1v) is 11.2. The van der Waals surface area contributed by atoms with Gasteiger partial charge in [-0.15, -0.1) is 4.83 Å². The molecule has 2 aromatic rings. The highest BCUT2D eigenvalue weighted by atomic mass is 79.9. The number of nitrogens with one attached hydrogen (secondary N) is 2. The van der Waals surface area contributed by atoms with Crippen molar-refractivity contribution in [3.05, 3.63) is 46.4 Å². The highest BCUT2D eigenvalue weighted by Crippen LogP contribution is 2.39.